The van der Waals surface area contributed by atoms with Gasteiger partial charge in [-0.1, -0.05) is 62.9 Å². The normalized spacial score (nSPS) is 19.3. The summed E-state index contributed by atoms with van der Waals surface area (Å²) in [5.41, 5.74) is 2.34. The lowest BCUT2D eigenvalue weighted by molar-refractivity contribution is -0.127. The number of rotatable bonds is 8. The van der Waals surface area contributed by atoms with Crippen LogP contribution in [0.15, 0.2) is 48.5 Å². The highest BCUT2D eigenvalue weighted by molar-refractivity contribution is 6.02. The van der Waals surface area contributed by atoms with Gasteiger partial charge >= 0.3 is 0 Å². The van der Waals surface area contributed by atoms with Crippen molar-refractivity contribution in [3.05, 3.63) is 65.2 Å². The van der Waals surface area contributed by atoms with Crippen molar-refractivity contribution in [3.63, 3.8) is 0 Å². The summed E-state index contributed by atoms with van der Waals surface area (Å²) in [4.78, 5) is 29.5. The van der Waals surface area contributed by atoms with Gasteiger partial charge in [0.1, 0.15) is 5.75 Å². The van der Waals surface area contributed by atoms with Crippen molar-refractivity contribution >= 4 is 11.8 Å². The van der Waals surface area contributed by atoms with E-state index in [1.807, 2.05) is 48.5 Å². The van der Waals surface area contributed by atoms with Crippen molar-refractivity contribution < 1.29 is 14.3 Å². The van der Waals surface area contributed by atoms with Crippen LogP contribution in [-0.4, -0.2) is 42.5 Å². The van der Waals surface area contributed by atoms with E-state index >= 15 is 0 Å². The lowest BCUT2D eigenvalue weighted by atomic mass is 9.65. The third kappa shape index (κ3) is 4.64. The molecule has 33 heavy (non-hydrogen) atoms. The minimum atomic E-state index is -0.414. The first-order valence-electron chi connectivity index (χ1n) is 12.4. The second-order valence-corrected chi connectivity index (χ2v) is 9.38. The molecule has 176 valence electrons. The van der Waals surface area contributed by atoms with Crippen LogP contribution < -0.4 is 10.1 Å². The van der Waals surface area contributed by atoms with E-state index in [-0.39, 0.29) is 17.7 Å². The third-order valence-corrected chi connectivity index (χ3v) is 7.41. The topological polar surface area (TPSA) is 58.6 Å². The highest BCUT2D eigenvalue weighted by Gasteiger charge is 2.54. The zero-order chi connectivity index (χ0) is 23.3. The van der Waals surface area contributed by atoms with Gasteiger partial charge in [-0.15, -0.1) is 0 Å². The zero-order valence-electron chi connectivity index (χ0n) is 19.9. The van der Waals surface area contributed by atoms with Gasteiger partial charge in [0.15, 0.2) is 0 Å². The fourth-order valence-corrected chi connectivity index (χ4v) is 5.71. The smallest absolute Gasteiger partial charge is 0.254 e. The Hall–Kier alpha value is -2.82. The van der Waals surface area contributed by atoms with Crippen LogP contribution in [0.25, 0.3) is 0 Å². The van der Waals surface area contributed by atoms with Crippen molar-refractivity contribution in [1.29, 1.82) is 0 Å². The Bertz CT molecular complexity index is 963. The molecule has 4 rings (SSSR count). The number of ether oxygens (including phenoxy) is 1. The number of amides is 2. The molecule has 2 aromatic rings. The van der Waals surface area contributed by atoms with Crippen LogP contribution in [0.4, 0.5) is 0 Å². The van der Waals surface area contributed by atoms with Crippen molar-refractivity contribution in [1.82, 2.24) is 10.2 Å². The van der Waals surface area contributed by atoms with Crippen LogP contribution in [0.3, 0.4) is 0 Å². The summed E-state index contributed by atoms with van der Waals surface area (Å²) in [5.74, 6) is 0.659. The Morgan fingerprint density at radius 3 is 2.52 bits per heavy atom. The van der Waals surface area contributed by atoms with Gasteiger partial charge in [0, 0.05) is 18.7 Å². The number of methoxy groups -OCH3 is 1. The molecule has 1 aliphatic heterocycles. The number of hydrogen-bond donors (Lipinski definition) is 1. The van der Waals surface area contributed by atoms with Crippen molar-refractivity contribution in [2.45, 2.75) is 69.7 Å². The quantitative estimate of drug-likeness (QED) is 0.611. The zero-order valence-corrected chi connectivity index (χ0v) is 19.9. The number of nitrogens with zero attached hydrogens (tertiary/aromatic N) is 1. The predicted octanol–water partition coefficient (Wildman–Crippen LogP) is 5.10. The molecule has 1 unspecified atom stereocenters. The van der Waals surface area contributed by atoms with E-state index in [1.165, 1.54) is 6.42 Å². The molecule has 0 radical (unpaired) electrons. The molecule has 1 spiro atoms. The monoisotopic (exact) mass is 448 g/mol. The van der Waals surface area contributed by atoms with Crippen LogP contribution in [-0.2, 0) is 11.2 Å². The summed E-state index contributed by atoms with van der Waals surface area (Å²) in [7, 11) is 1.66. The summed E-state index contributed by atoms with van der Waals surface area (Å²) in [6, 6.07) is 15.7. The summed E-state index contributed by atoms with van der Waals surface area (Å²) >= 11 is 0. The fourth-order valence-electron chi connectivity index (χ4n) is 5.71. The van der Waals surface area contributed by atoms with E-state index in [4.69, 9.17) is 4.74 Å². The first-order chi connectivity index (χ1) is 16.1. The molecule has 1 aliphatic carbocycles. The Labute approximate surface area is 197 Å². The van der Waals surface area contributed by atoms with E-state index in [0.29, 0.717) is 12.1 Å². The fraction of sp³-hybridized carbons (Fsp3) is 0.500. The molecular formula is C28H36N2O3. The second-order valence-electron chi connectivity index (χ2n) is 9.38. The van der Waals surface area contributed by atoms with Gasteiger partial charge < -0.3 is 15.0 Å². The number of carbonyl (C=O) groups is 2. The molecule has 1 fully saturated rings. The summed E-state index contributed by atoms with van der Waals surface area (Å²) in [5, 5.41) is 3.23. The predicted molar refractivity (Wildman–Crippen MR) is 131 cm³/mol. The molecule has 2 amide bonds. The molecule has 5 nitrogen and oxygen atoms in total. The Morgan fingerprint density at radius 2 is 1.82 bits per heavy atom. The Kier molecular flexibility index (Phi) is 7.36. The van der Waals surface area contributed by atoms with Crippen molar-refractivity contribution in [2.24, 2.45) is 0 Å². The first-order valence-corrected chi connectivity index (χ1v) is 12.4. The molecular weight excluding hydrogens is 412 g/mol. The number of fused-ring (bicyclic) bond motifs is 1. The Balaban J connectivity index is 1.60. The molecule has 0 bridgehead atoms. The number of hydrogen-bond acceptors (Lipinski definition) is 3. The molecule has 1 heterocycles. The van der Waals surface area contributed by atoms with Crippen LogP contribution in [0.1, 0.15) is 79.3 Å². The van der Waals surface area contributed by atoms with E-state index in [1.54, 1.807) is 7.11 Å². The van der Waals surface area contributed by atoms with Crippen LogP contribution >= 0.6 is 0 Å². The molecule has 1 N–H and O–H groups in total. The first kappa shape index (κ1) is 23.3. The minimum Gasteiger partial charge on any atom is -0.497 e. The van der Waals surface area contributed by atoms with Gasteiger partial charge in [-0.25, -0.2) is 0 Å². The standard InChI is InChI=1S/C28H36N2O3/c1-3-4-20-30-27(32)24-11-7-6-10-23(24)25(28(30)17-8-5-9-18-28)26(31)29-19-16-21-12-14-22(33-2)15-13-21/h6-7,10-15,25H,3-5,8-9,16-20H2,1-2H3,(H,29,31). The number of nitrogens with one attached hydrogen (secondary N) is 1. The van der Waals surface area contributed by atoms with Gasteiger partial charge in [0.2, 0.25) is 5.91 Å². The van der Waals surface area contributed by atoms with Gasteiger partial charge in [0.05, 0.1) is 18.6 Å². The van der Waals surface area contributed by atoms with E-state index < -0.39 is 5.54 Å². The molecule has 0 aromatic heterocycles. The maximum Gasteiger partial charge on any atom is 0.254 e. The van der Waals surface area contributed by atoms with Gasteiger partial charge in [0.25, 0.3) is 5.91 Å². The average molecular weight is 449 g/mol. The molecule has 1 atom stereocenters. The van der Waals surface area contributed by atoms with Crippen LogP contribution in [0.2, 0.25) is 0 Å². The van der Waals surface area contributed by atoms with E-state index in [2.05, 4.69) is 17.1 Å². The van der Waals surface area contributed by atoms with Crippen molar-refractivity contribution in [3.8, 4) is 5.75 Å². The van der Waals surface area contributed by atoms with Gasteiger partial charge in [-0.05, 0) is 55.0 Å². The maximum absolute atomic E-state index is 13.8. The maximum atomic E-state index is 13.8. The Morgan fingerprint density at radius 1 is 1.09 bits per heavy atom. The second kappa shape index (κ2) is 10.4. The highest BCUT2D eigenvalue weighted by Crippen LogP contribution is 2.49. The third-order valence-electron chi connectivity index (χ3n) is 7.41. The molecule has 1 saturated carbocycles. The number of unbranched alkanes of at least 4 members (excludes halogenated alkanes) is 1. The lowest BCUT2D eigenvalue weighted by Gasteiger charge is -2.53. The van der Waals surface area contributed by atoms with Gasteiger partial charge in [-0.2, -0.15) is 0 Å². The molecule has 5 heteroatoms. The van der Waals surface area contributed by atoms with Crippen molar-refractivity contribution in [2.75, 3.05) is 20.2 Å². The largest absolute Gasteiger partial charge is 0.497 e. The molecule has 2 aromatic carbocycles. The highest BCUT2D eigenvalue weighted by atomic mass is 16.5. The van der Waals surface area contributed by atoms with Gasteiger partial charge in [-0.3, -0.25) is 9.59 Å². The van der Waals surface area contributed by atoms with E-state index in [0.717, 1.165) is 68.4 Å². The number of benzene rings is 2. The SMILES string of the molecule is CCCCN1C(=O)c2ccccc2C(C(=O)NCCc2ccc(OC)cc2)C12CCCCC2. The molecule has 0 saturated heterocycles. The summed E-state index contributed by atoms with van der Waals surface area (Å²) in [6.07, 6.45) is 7.84. The summed E-state index contributed by atoms with van der Waals surface area (Å²) in [6.45, 7) is 3.45. The molecule has 2 aliphatic rings. The minimum absolute atomic E-state index is 0.0480. The van der Waals surface area contributed by atoms with E-state index in [9.17, 15) is 9.59 Å². The average Bonchev–Trinajstić information content (AvgIpc) is 2.85. The lowest BCUT2D eigenvalue weighted by Crippen LogP contribution is -2.62. The van der Waals surface area contributed by atoms with Crippen LogP contribution in [0, 0.1) is 0 Å². The summed E-state index contributed by atoms with van der Waals surface area (Å²) < 4.78 is 5.23. The number of carbonyl (C=O) groups excluding carboxylic acids is 2. The van der Waals surface area contributed by atoms with Crippen LogP contribution in [0.5, 0.6) is 5.75 Å².